The number of fused-ring (bicyclic) bond motifs is 1. The Labute approximate surface area is 171 Å². The Bertz CT molecular complexity index is 1140. The average molecular weight is 409 g/mol. The van der Waals surface area contributed by atoms with E-state index >= 15 is 0 Å². The Morgan fingerprint density at radius 2 is 1.70 bits per heavy atom. The summed E-state index contributed by atoms with van der Waals surface area (Å²) in [4.78, 5) is 40.7. The normalized spacial score (nSPS) is 14.6. The number of anilines is 1. The summed E-state index contributed by atoms with van der Waals surface area (Å²) in [6.07, 6.45) is 0. The number of piperazine rings is 1. The highest BCUT2D eigenvalue weighted by atomic mass is 19.1. The van der Waals surface area contributed by atoms with Crippen molar-refractivity contribution in [1.29, 1.82) is 0 Å². The smallest absolute Gasteiger partial charge is 0.349 e. The summed E-state index contributed by atoms with van der Waals surface area (Å²) >= 11 is 0. The molecule has 0 bridgehead atoms. The van der Waals surface area contributed by atoms with E-state index in [2.05, 4.69) is 5.32 Å². The van der Waals surface area contributed by atoms with Gasteiger partial charge in [0.25, 0.3) is 5.91 Å². The SMILES string of the molecule is O=C(CN1CCN(C(=O)c2cc3ccccc3oc2=O)CC1)Nc1ccc(F)cc1. The van der Waals surface area contributed by atoms with Gasteiger partial charge in [0.1, 0.15) is 17.0 Å². The quantitative estimate of drug-likeness (QED) is 0.669. The molecule has 2 heterocycles. The molecule has 1 aliphatic heterocycles. The van der Waals surface area contributed by atoms with Crippen molar-refractivity contribution in [2.75, 3.05) is 38.0 Å². The standard InChI is InChI=1S/C22H20FN3O4/c23-16-5-7-17(8-6-16)24-20(27)14-25-9-11-26(12-10-25)21(28)18-13-15-3-1-2-4-19(15)30-22(18)29/h1-8,13H,9-12,14H2,(H,24,27). The maximum absolute atomic E-state index is 12.9. The molecule has 1 aliphatic rings. The molecule has 0 saturated carbocycles. The lowest BCUT2D eigenvalue weighted by Crippen LogP contribution is -2.51. The summed E-state index contributed by atoms with van der Waals surface area (Å²) in [5.41, 5.74) is 0.324. The Kier molecular flexibility index (Phi) is 5.58. The third-order valence-corrected chi connectivity index (χ3v) is 5.03. The van der Waals surface area contributed by atoms with E-state index in [0.717, 1.165) is 0 Å². The van der Waals surface area contributed by atoms with Crippen LogP contribution in [0.1, 0.15) is 10.4 Å². The van der Waals surface area contributed by atoms with E-state index in [1.54, 1.807) is 29.2 Å². The minimum atomic E-state index is -0.653. The maximum atomic E-state index is 12.9. The number of nitrogens with one attached hydrogen (secondary N) is 1. The molecule has 4 rings (SSSR count). The van der Waals surface area contributed by atoms with Gasteiger partial charge in [-0.25, -0.2) is 9.18 Å². The van der Waals surface area contributed by atoms with Crippen LogP contribution < -0.4 is 10.9 Å². The second-order valence-corrected chi connectivity index (χ2v) is 7.11. The van der Waals surface area contributed by atoms with Crippen LogP contribution in [-0.4, -0.2) is 54.3 Å². The third kappa shape index (κ3) is 4.38. The first-order valence-corrected chi connectivity index (χ1v) is 9.59. The van der Waals surface area contributed by atoms with Gasteiger partial charge in [0.2, 0.25) is 5.91 Å². The van der Waals surface area contributed by atoms with Crippen molar-refractivity contribution in [2.45, 2.75) is 0 Å². The van der Waals surface area contributed by atoms with Gasteiger partial charge in [-0.05, 0) is 36.4 Å². The van der Waals surface area contributed by atoms with Crippen molar-refractivity contribution < 1.29 is 18.4 Å². The second-order valence-electron chi connectivity index (χ2n) is 7.11. The van der Waals surface area contributed by atoms with Crippen molar-refractivity contribution in [2.24, 2.45) is 0 Å². The fourth-order valence-corrected chi connectivity index (χ4v) is 3.43. The van der Waals surface area contributed by atoms with E-state index in [9.17, 15) is 18.8 Å². The van der Waals surface area contributed by atoms with E-state index in [0.29, 0.717) is 42.8 Å². The Balaban J connectivity index is 1.34. The lowest BCUT2D eigenvalue weighted by Gasteiger charge is -2.34. The lowest BCUT2D eigenvalue weighted by molar-refractivity contribution is -0.117. The van der Waals surface area contributed by atoms with Gasteiger partial charge in [-0.3, -0.25) is 14.5 Å². The number of carbonyl (C=O) groups is 2. The summed E-state index contributed by atoms with van der Waals surface area (Å²) in [5.74, 6) is -0.948. The maximum Gasteiger partial charge on any atom is 0.349 e. The summed E-state index contributed by atoms with van der Waals surface area (Å²) in [6.45, 7) is 1.96. The van der Waals surface area contributed by atoms with E-state index < -0.39 is 5.63 Å². The van der Waals surface area contributed by atoms with Crippen LogP contribution >= 0.6 is 0 Å². The average Bonchev–Trinajstić information content (AvgIpc) is 2.75. The number of amides is 2. The van der Waals surface area contributed by atoms with Gasteiger partial charge in [0.15, 0.2) is 0 Å². The number of hydrogen-bond acceptors (Lipinski definition) is 5. The zero-order chi connectivity index (χ0) is 21.1. The first-order valence-electron chi connectivity index (χ1n) is 9.59. The fourth-order valence-electron chi connectivity index (χ4n) is 3.43. The molecule has 0 radical (unpaired) electrons. The number of benzene rings is 2. The Hall–Kier alpha value is -3.52. The van der Waals surface area contributed by atoms with Crippen LogP contribution in [-0.2, 0) is 4.79 Å². The topological polar surface area (TPSA) is 82.9 Å². The number of rotatable bonds is 4. The monoisotopic (exact) mass is 409 g/mol. The lowest BCUT2D eigenvalue weighted by atomic mass is 10.1. The molecule has 154 valence electrons. The summed E-state index contributed by atoms with van der Waals surface area (Å²) in [6, 6.07) is 14.2. The molecule has 1 fully saturated rings. The molecule has 30 heavy (non-hydrogen) atoms. The van der Waals surface area contributed by atoms with Crippen molar-refractivity contribution >= 4 is 28.5 Å². The minimum absolute atomic E-state index is 0.0104. The summed E-state index contributed by atoms with van der Waals surface area (Å²) in [5, 5.41) is 3.41. The first kappa shape index (κ1) is 19.8. The van der Waals surface area contributed by atoms with Crippen molar-refractivity contribution in [3.8, 4) is 0 Å². The molecule has 1 aromatic heterocycles. The van der Waals surface area contributed by atoms with Crippen LogP contribution in [0, 0.1) is 5.82 Å². The molecule has 1 saturated heterocycles. The van der Waals surface area contributed by atoms with Gasteiger partial charge in [-0.2, -0.15) is 0 Å². The molecule has 0 spiro atoms. The Morgan fingerprint density at radius 1 is 1.00 bits per heavy atom. The van der Waals surface area contributed by atoms with Gasteiger partial charge in [0.05, 0.1) is 6.54 Å². The molecule has 1 N–H and O–H groups in total. The molecule has 2 aromatic carbocycles. The number of halogens is 1. The van der Waals surface area contributed by atoms with Crippen LogP contribution in [0.2, 0.25) is 0 Å². The molecule has 0 unspecified atom stereocenters. The molecule has 2 amide bonds. The van der Waals surface area contributed by atoms with Crippen molar-refractivity contribution in [1.82, 2.24) is 9.80 Å². The molecule has 0 aliphatic carbocycles. The van der Waals surface area contributed by atoms with Crippen LogP contribution in [0.4, 0.5) is 10.1 Å². The molecule has 3 aromatic rings. The van der Waals surface area contributed by atoms with Gasteiger partial charge in [0, 0.05) is 37.3 Å². The largest absolute Gasteiger partial charge is 0.422 e. The van der Waals surface area contributed by atoms with Gasteiger partial charge in [-0.15, -0.1) is 0 Å². The van der Waals surface area contributed by atoms with E-state index in [1.807, 2.05) is 11.0 Å². The highest BCUT2D eigenvalue weighted by Gasteiger charge is 2.25. The highest BCUT2D eigenvalue weighted by molar-refractivity contribution is 5.96. The van der Waals surface area contributed by atoms with E-state index in [-0.39, 0.29) is 29.7 Å². The van der Waals surface area contributed by atoms with E-state index in [1.165, 1.54) is 24.3 Å². The number of carbonyl (C=O) groups excluding carboxylic acids is 2. The molecule has 8 heteroatoms. The molecular weight excluding hydrogens is 389 g/mol. The Morgan fingerprint density at radius 3 is 2.43 bits per heavy atom. The number of nitrogens with zero attached hydrogens (tertiary/aromatic N) is 2. The van der Waals surface area contributed by atoms with Gasteiger partial charge >= 0.3 is 5.63 Å². The van der Waals surface area contributed by atoms with Gasteiger partial charge < -0.3 is 14.6 Å². The first-order chi connectivity index (χ1) is 14.5. The predicted octanol–water partition coefficient (Wildman–Crippen LogP) is 2.33. The van der Waals surface area contributed by atoms with Crippen molar-refractivity contribution in [3.05, 3.63) is 76.4 Å². The minimum Gasteiger partial charge on any atom is -0.422 e. The third-order valence-electron chi connectivity index (χ3n) is 5.03. The molecular formula is C22H20FN3O4. The molecule has 7 nitrogen and oxygen atoms in total. The van der Waals surface area contributed by atoms with Crippen LogP contribution in [0.5, 0.6) is 0 Å². The van der Waals surface area contributed by atoms with Gasteiger partial charge in [-0.1, -0.05) is 18.2 Å². The van der Waals surface area contributed by atoms with Crippen LogP contribution in [0.15, 0.2) is 63.8 Å². The molecule has 0 atom stereocenters. The van der Waals surface area contributed by atoms with Crippen LogP contribution in [0.25, 0.3) is 11.0 Å². The van der Waals surface area contributed by atoms with E-state index in [4.69, 9.17) is 4.42 Å². The summed E-state index contributed by atoms with van der Waals surface area (Å²) < 4.78 is 18.2. The van der Waals surface area contributed by atoms with Crippen molar-refractivity contribution in [3.63, 3.8) is 0 Å². The second kappa shape index (κ2) is 8.46. The predicted molar refractivity (Wildman–Crippen MR) is 110 cm³/mol. The fraction of sp³-hybridized carbons (Fsp3) is 0.227. The zero-order valence-electron chi connectivity index (χ0n) is 16.1. The number of hydrogen-bond donors (Lipinski definition) is 1. The highest BCUT2D eigenvalue weighted by Crippen LogP contribution is 2.15. The zero-order valence-corrected chi connectivity index (χ0v) is 16.1. The van der Waals surface area contributed by atoms with Crippen LogP contribution in [0.3, 0.4) is 0 Å². The number of para-hydroxylation sites is 1. The summed E-state index contributed by atoms with van der Waals surface area (Å²) in [7, 11) is 0.